The molecule has 1 N–H and O–H groups in total. The number of anilines is 1. The number of aromatic nitrogens is 3. The topological polar surface area (TPSA) is 59.3 Å². The molecule has 3 rings (SSSR count). The first-order valence-electron chi connectivity index (χ1n) is 5.89. The van der Waals surface area contributed by atoms with Gasteiger partial charge in [-0.3, -0.25) is 9.78 Å². The van der Waals surface area contributed by atoms with Gasteiger partial charge in [0.1, 0.15) is 0 Å². The maximum absolute atomic E-state index is 12.1. The Morgan fingerprint density at radius 1 is 1.32 bits per heavy atom. The molecule has 0 aliphatic rings. The number of hydrogen-bond acceptors (Lipinski definition) is 3. The van der Waals surface area contributed by atoms with E-state index in [1.165, 1.54) is 6.20 Å². The van der Waals surface area contributed by atoms with Gasteiger partial charge in [0.15, 0.2) is 0 Å². The molecule has 1 amide bonds. The highest BCUT2D eigenvalue weighted by atomic mass is 16.1. The van der Waals surface area contributed by atoms with Gasteiger partial charge < -0.3 is 5.32 Å². The molecule has 0 saturated heterocycles. The van der Waals surface area contributed by atoms with E-state index in [0.717, 1.165) is 11.1 Å². The van der Waals surface area contributed by atoms with Crippen LogP contribution in [0.1, 0.15) is 15.9 Å². The highest BCUT2D eigenvalue weighted by Gasteiger charge is 2.09. The van der Waals surface area contributed by atoms with Gasteiger partial charge in [0.2, 0.25) is 0 Å². The SMILES string of the molecule is Cc1ccn2ncc(NC(=O)c3cccnc3)c2c1. The summed E-state index contributed by atoms with van der Waals surface area (Å²) in [7, 11) is 0. The van der Waals surface area contributed by atoms with E-state index in [0.29, 0.717) is 11.3 Å². The van der Waals surface area contributed by atoms with Gasteiger partial charge in [-0.15, -0.1) is 0 Å². The zero-order chi connectivity index (χ0) is 13.2. The van der Waals surface area contributed by atoms with Gasteiger partial charge in [-0.1, -0.05) is 0 Å². The van der Waals surface area contributed by atoms with E-state index in [1.54, 1.807) is 29.0 Å². The average Bonchev–Trinajstić information content (AvgIpc) is 2.82. The Balaban J connectivity index is 1.94. The Kier molecular flexibility index (Phi) is 2.72. The van der Waals surface area contributed by atoms with Crippen molar-refractivity contribution in [1.82, 2.24) is 14.6 Å². The molecule has 0 bridgehead atoms. The second-order valence-corrected chi connectivity index (χ2v) is 4.29. The predicted molar refractivity (Wildman–Crippen MR) is 72.1 cm³/mol. The summed E-state index contributed by atoms with van der Waals surface area (Å²) in [6.45, 7) is 2.00. The normalized spacial score (nSPS) is 10.6. The van der Waals surface area contributed by atoms with Crippen molar-refractivity contribution < 1.29 is 4.79 Å². The van der Waals surface area contributed by atoms with E-state index in [1.807, 2.05) is 25.3 Å². The van der Waals surface area contributed by atoms with E-state index >= 15 is 0 Å². The van der Waals surface area contributed by atoms with E-state index in [2.05, 4.69) is 15.4 Å². The van der Waals surface area contributed by atoms with Crippen LogP contribution in [-0.4, -0.2) is 20.5 Å². The molecule has 0 aliphatic carbocycles. The predicted octanol–water partition coefficient (Wildman–Crippen LogP) is 2.29. The smallest absolute Gasteiger partial charge is 0.257 e. The van der Waals surface area contributed by atoms with Gasteiger partial charge in [0.05, 0.1) is 23.0 Å². The minimum Gasteiger partial charge on any atom is -0.319 e. The Morgan fingerprint density at radius 3 is 3.00 bits per heavy atom. The van der Waals surface area contributed by atoms with Crippen molar-refractivity contribution in [2.24, 2.45) is 0 Å². The Morgan fingerprint density at radius 2 is 2.21 bits per heavy atom. The van der Waals surface area contributed by atoms with Crippen LogP contribution in [-0.2, 0) is 0 Å². The summed E-state index contributed by atoms with van der Waals surface area (Å²) < 4.78 is 1.73. The van der Waals surface area contributed by atoms with Crippen LogP contribution in [0.5, 0.6) is 0 Å². The van der Waals surface area contributed by atoms with Crippen molar-refractivity contribution in [1.29, 1.82) is 0 Å². The summed E-state index contributed by atoms with van der Waals surface area (Å²) in [5.74, 6) is -0.190. The summed E-state index contributed by atoms with van der Waals surface area (Å²) in [5, 5.41) is 7.04. The van der Waals surface area contributed by atoms with Crippen LogP contribution in [0.25, 0.3) is 5.52 Å². The first kappa shape index (κ1) is 11.4. The lowest BCUT2D eigenvalue weighted by molar-refractivity contribution is 0.102. The zero-order valence-electron chi connectivity index (χ0n) is 10.4. The van der Waals surface area contributed by atoms with E-state index in [4.69, 9.17) is 0 Å². The Labute approximate surface area is 109 Å². The van der Waals surface area contributed by atoms with Crippen LogP contribution in [0.3, 0.4) is 0 Å². The molecule has 3 heterocycles. The maximum Gasteiger partial charge on any atom is 0.257 e. The first-order valence-corrected chi connectivity index (χ1v) is 5.89. The number of amides is 1. The Bertz CT molecular complexity index is 734. The molecule has 0 fully saturated rings. The standard InChI is InChI=1S/C14H12N4O/c1-10-4-6-18-13(7-10)12(9-16-18)17-14(19)11-3-2-5-15-8-11/h2-9H,1H3,(H,17,19). The fourth-order valence-electron chi connectivity index (χ4n) is 1.87. The largest absolute Gasteiger partial charge is 0.319 e. The summed E-state index contributed by atoms with van der Waals surface area (Å²) in [6.07, 6.45) is 6.68. The monoisotopic (exact) mass is 252 g/mol. The number of nitrogens with one attached hydrogen (secondary N) is 1. The summed E-state index contributed by atoms with van der Waals surface area (Å²) in [4.78, 5) is 16.0. The molecule has 0 atom stereocenters. The molecule has 0 radical (unpaired) electrons. The van der Waals surface area contributed by atoms with E-state index in [9.17, 15) is 4.79 Å². The molecule has 3 aromatic rings. The van der Waals surface area contributed by atoms with Crippen molar-refractivity contribution in [2.45, 2.75) is 6.92 Å². The van der Waals surface area contributed by atoms with Gasteiger partial charge in [-0.25, -0.2) is 4.52 Å². The van der Waals surface area contributed by atoms with Gasteiger partial charge in [-0.2, -0.15) is 5.10 Å². The molecule has 0 aliphatic heterocycles. The van der Waals surface area contributed by atoms with E-state index in [-0.39, 0.29) is 5.91 Å². The summed E-state index contributed by atoms with van der Waals surface area (Å²) >= 11 is 0. The maximum atomic E-state index is 12.1. The van der Waals surface area contributed by atoms with Crippen LogP contribution in [0.4, 0.5) is 5.69 Å². The fourth-order valence-corrected chi connectivity index (χ4v) is 1.87. The van der Waals surface area contributed by atoms with Crippen LogP contribution in [0.2, 0.25) is 0 Å². The van der Waals surface area contributed by atoms with Crippen molar-refractivity contribution in [3.63, 3.8) is 0 Å². The van der Waals surface area contributed by atoms with Gasteiger partial charge in [0.25, 0.3) is 5.91 Å². The molecule has 94 valence electrons. The molecular formula is C14H12N4O. The van der Waals surface area contributed by atoms with Crippen LogP contribution in [0, 0.1) is 6.92 Å². The average molecular weight is 252 g/mol. The number of aryl methyl sites for hydroxylation is 1. The molecule has 19 heavy (non-hydrogen) atoms. The Hall–Kier alpha value is -2.69. The van der Waals surface area contributed by atoms with Crippen LogP contribution < -0.4 is 5.32 Å². The van der Waals surface area contributed by atoms with Gasteiger partial charge >= 0.3 is 0 Å². The molecule has 5 nitrogen and oxygen atoms in total. The summed E-state index contributed by atoms with van der Waals surface area (Å²) in [5.41, 5.74) is 3.20. The number of pyridine rings is 2. The second-order valence-electron chi connectivity index (χ2n) is 4.29. The quantitative estimate of drug-likeness (QED) is 0.761. The number of carbonyl (C=O) groups excluding carboxylic acids is 1. The van der Waals surface area contributed by atoms with Gasteiger partial charge in [0, 0.05) is 18.6 Å². The van der Waals surface area contributed by atoms with Crippen LogP contribution in [0.15, 0.2) is 49.1 Å². The van der Waals surface area contributed by atoms with Crippen molar-refractivity contribution >= 4 is 17.1 Å². The third-order valence-electron chi connectivity index (χ3n) is 2.85. The first-order chi connectivity index (χ1) is 9.24. The number of carbonyl (C=O) groups is 1. The number of rotatable bonds is 2. The van der Waals surface area contributed by atoms with Crippen molar-refractivity contribution in [2.75, 3.05) is 5.32 Å². The fraction of sp³-hybridized carbons (Fsp3) is 0.0714. The molecule has 0 spiro atoms. The molecular weight excluding hydrogens is 240 g/mol. The minimum atomic E-state index is -0.190. The zero-order valence-corrected chi connectivity index (χ0v) is 10.4. The minimum absolute atomic E-state index is 0.190. The lowest BCUT2D eigenvalue weighted by Gasteiger charge is -2.03. The van der Waals surface area contributed by atoms with Crippen molar-refractivity contribution in [3.05, 3.63) is 60.2 Å². The third-order valence-corrected chi connectivity index (χ3v) is 2.85. The number of hydrogen-bond donors (Lipinski definition) is 1. The van der Waals surface area contributed by atoms with Crippen LogP contribution >= 0.6 is 0 Å². The molecule has 3 aromatic heterocycles. The number of fused-ring (bicyclic) bond motifs is 1. The van der Waals surface area contributed by atoms with Gasteiger partial charge in [-0.05, 0) is 36.8 Å². The molecule has 0 unspecified atom stereocenters. The lowest BCUT2D eigenvalue weighted by Crippen LogP contribution is -2.11. The molecule has 5 heteroatoms. The second kappa shape index (κ2) is 4.53. The number of nitrogens with zero attached hydrogens (tertiary/aromatic N) is 3. The highest BCUT2D eigenvalue weighted by Crippen LogP contribution is 2.18. The van der Waals surface area contributed by atoms with Crippen molar-refractivity contribution in [3.8, 4) is 0 Å². The molecule has 0 aromatic carbocycles. The highest BCUT2D eigenvalue weighted by molar-refractivity contribution is 6.06. The lowest BCUT2D eigenvalue weighted by atomic mass is 10.2. The summed E-state index contributed by atoms with van der Waals surface area (Å²) in [6, 6.07) is 7.40. The molecule has 0 saturated carbocycles. The van der Waals surface area contributed by atoms with E-state index < -0.39 is 0 Å². The third kappa shape index (κ3) is 2.18.